The van der Waals surface area contributed by atoms with Gasteiger partial charge in [0.05, 0.1) is 0 Å². The molecule has 0 heterocycles. The molecular formula is C23H30N2O2. The zero-order chi connectivity index (χ0) is 20.1. The number of nitrogens with one attached hydrogen (secondary N) is 2. The van der Waals surface area contributed by atoms with Gasteiger partial charge in [-0.05, 0) is 42.9 Å². The molecule has 0 atom stereocenters. The fourth-order valence-electron chi connectivity index (χ4n) is 2.81. The highest BCUT2D eigenvalue weighted by Crippen LogP contribution is 2.30. The average molecular weight is 367 g/mol. The molecule has 0 aromatic heterocycles. The third-order valence-corrected chi connectivity index (χ3v) is 4.66. The number of hydrogen-bond acceptors (Lipinski definition) is 2. The van der Waals surface area contributed by atoms with Crippen molar-refractivity contribution in [2.75, 3.05) is 11.9 Å². The van der Waals surface area contributed by atoms with Crippen molar-refractivity contribution in [2.45, 2.75) is 46.5 Å². The maximum Gasteiger partial charge on any atom is 0.239 e. The zero-order valence-electron chi connectivity index (χ0n) is 16.9. The number of anilines is 1. The molecule has 27 heavy (non-hydrogen) atoms. The Morgan fingerprint density at radius 2 is 1.41 bits per heavy atom. The number of benzene rings is 2. The maximum atomic E-state index is 12.8. The molecule has 4 heteroatoms. The largest absolute Gasteiger partial charge is 0.355 e. The van der Waals surface area contributed by atoms with E-state index in [-0.39, 0.29) is 17.2 Å². The Labute approximate surface area is 162 Å². The summed E-state index contributed by atoms with van der Waals surface area (Å²) in [5.41, 5.74) is 1.67. The first-order valence-corrected chi connectivity index (χ1v) is 9.35. The van der Waals surface area contributed by atoms with Gasteiger partial charge in [0, 0.05) is 12.2 Å². The number of hydrogen-bond donors (Lipinski definition) is 2. The smallest absolute Gasteiger partial charge is 0.239 e. The molecule has 0 bridgehead atoms. The van der Waals surface area contributed by atoms with Crippen LogP contribution in [0, 0.1) is 5.41 Å². The standard InChI is InChI=1S/C23H30N2O2/c1-22(2,3)18-13-9-10-14-19(18)25-21(27)23(4,5)20(26)24-16-15-17-11-7-6-8-12-17/h6-14H,15-16H2,1-5H3,(H,24,26)(H,25,27). The van der Waals surface area contributed by atoms with Crippen molar-refractivity contribution in [1.82, 2.24) is 5.32 Å². The molecule has 2 aromatic rings. The van der Waals surface area contributed by atoms with E-state index in [1.807, 2.05) is 54.6 Å². The van der Waals surface area contributed by atoms with Crippen LogP contribution in [0.3, 0.4) is 0 Å². The molecule has 0 fully saturated rings. The van der Waals surface area contributed by atoms with E-state index >= 15 is 0 Å². The number of rotatable bonds is 6. The highest BCUT2D eigenvalue weighted by Gasteiger charge is 2.36. The van der Waals surface area contributed by atoms with Crippen LogP contribution >= 0.6 is 0 Å². The molecule has 0 spiro atoms. The predicted octanol–water partition coefficient (Wildman–Crippen LogP) is 4.31. The van der Waals surface area contributed by atoms with Crippen LogP contribution in [0.15, 0.2) is 54.6 Å². The van der Waals surface area contributed by atoms with Crippen molar-refractivity contribution in [2.24, 2.45) is 5.41 Å². The molecule has 2 amide bonds. The van der Waals surface area contributed by atoms with Crippen LogP contribution in [0.4, 0.5) is 5.69 Å². The Balaban J connectivity index is 2.01. The van der Waals surface area contributed by atoms with Crippen molar-refractivity contribution < 1.29 is 9.59 Å². The first-order valence-electron chi connectivity index (χ1n) is 9.35. The van der Waals surface area contributed by atoms with E-state index in [2.05, 4.69) is 31.4 Å². The van der Waals surface area contributed by atoms with E-state index in [4.69, 9.17) is 0 Å². The molecule has 0 saturated heterocycles. The van der Waals surface area contributed by atoms with Crippen LogP contribution in [-0.4, -0.2) is 18.4 Å². The Kier molecular flexibility index (Phi) is 6.42. The fourth-order valence-corrected chi connectivity index (χ4v) is 2.81. The minimum Gasteiger partial charge on any atom is -0.355 e. The topological polar surface area (TPSA) is 58.2 Å². The summed E-state index contributed by atoms with van der Waals surface area (Å²) < 4.78 is 0. The van der Waals surface area contributed by atoms with Gasteiger partial charge in [0.2, 0.25) is 11.8 Å². The molecule has 0 aliphatic carbocycles. The highest BCUT2D eigenvalue weighted by molar-refractivity contribution is 6.10. The molecule has 2 N–H and O–H groups in total. The lowest BCUT2D eigenvalue weighted by atomic mass is 9.85. The summed E-state index contributed by atoms with van der Waals surface area (Å²) in [5, 5.41) is 5.83. The van der Waals surface area contributed by atoms with Gasteiger partial charge in [-0.2, -0.15) is 0 Å². The first kappa shape index (κ1) is 20.7. The molecule has 0 saturated carbocycles. The zero-order valence-corrected chi connectivity index (χ0v) is 16.9. The van der Waals surface area contributed by atoms with Gasteiger partial charge in [-0.1, -0.05) is 69.3 Å². The third-order valence-electron chi connectivity index (χ3n) is 4.66. The second-order valence-electron chi connectivity index (χ2n) is 8.37. The molecule has 2 aromatic carbocycles. The van der Waals surface area contributed by atoms with Gasteiger partial charge in [-0.25, -0.2) is 0 Å². The van der Waals surface area contributed by atoms with E-state index in [0.29, 0.717) is 6.54 Å². The van der Waals surface area contributed by atoms with Crippen LogP contribution in [0.25, 0.3) is 0 Å². The van der Waals surface area contributed by atoms with Crippen LogP contribution in [0.5, 0.6) is 0 Å². The highest BCUT2D eigenvalue weighted by atomic mass is 16.2. The summed E-state index contributed by atoms with van der Waals surface area (Å²) in [4.78, 5) is 25.4. The Hall–Kier alpha value is -2.62. The first-order chi connectivity index (χ1) is 12.6. The van der Waals surface area contributed by atoms with Crippen LogP contribution in [0.2, 0.25) is 0 Å². The van der Waals surface area contributed by atoms with E-state index in [1.54, 1.807) is 13.8 Å². The Morgan fingerprint density at radius 1 is 0.815 bits per heavy atom. The summed E-state index contributed by atoms with van der Waals surface area (Å²) >= 11 is 0. The maximum absolute atomic E-state index is 12.8. The second-order valence-corrected chi connectivity index (χ2v) is 8.37. The Bertz CT molecular complexity index is 790. The van der Waals surface area contributed by atoms with Crippen molar-refractivity contribution in [1.29, 1.82) is 0 Å². The van der Waals surface area contributed by atoms with E-state index < -0.39 is 5.41 Å². The number of carbonyl (C=O) groups excluding carboxylic acids is 2. The summed E-state index contributed by atoms with van der Waals surface area (Å²) in [6, 6.07) is 17.7. The number of para-hydroxylation sites is 1. The number of amides is 2. The predicted molar refractivity (Wildman–Crippen MR) is 111 cm³/mol. The lowest BCUT2D eigenvalue weighted by Gasteiger charge is -2.26. The van der Waals surface area contributed by atoms with E-state index in [9.17, 15) is 9.59 Å². The Morgan fingerprint density at radius 3 is 2.04 bits per heavy atom. The van der Waals surface area contributed by atoms with Crippen molar-refractivity contribution in [3.8, 4) is 0 Å². The fraction of sp³-hybridized carbons (Fsp3) is 0.391. The van der Waals surface area contributed by atoms with Crippen molar-refractivity contribution in [3.05, 3.63) is 65.7 Å². The molecule has 144 valence electrons. The molecule has 2 rings (SSSR count). The van der Waals surface area contributed by atoms with Gasteiger partial charge in [0.15, 0.2) is 0 Å². The van der Waals surface area contributed by atoms with Crippen LogP contribution in [0.1, 0.15) is 45.7 Å². The van der Waals surface area contributed by atoms with Crippen molar-refractivity contribution >= 4 is 17.5 Å². The third kappa shape index (κ3) is 5.43. The lowest BCUT2D eigenvalue weighted by molar-refractivity contribution is -0.138. The molecule has 0 aliphatic heterocycles. The minimum atomic E-state index is -1.16. The molecule has 0 radical (unpaired) electrons. The number of carbonyl (C=O) groups is 2. The van der Waals surface area contributed by atoms with Gasteiger partial charge in [-0.15, -0.1) is 0 Å². The summed E-state index contributed by atoms with van der Waals surface area (Å²) in [6.45, 7) is 10.1. The van der Waals surface area contributed by atoms with Gasteiger partial charge < -0.3 is 10.6 Å². The molecule has 0 unspecified atom stereocenters. The lowest BCUT2D eigenvalue weighted by Crippen LogP contribution is -2.45. The van der Waals surface area contributed by atoms with E-state index in [1.165, 1.54) is 0 Å². The second kappa shape index (κ2) is 8.38. The van der Waals surface area contributed by atoms with Crippen LogP contribution < -0.4 is 10.6 Å². The molecular weight excluding hydrogens is 336 g/mol. The SMILES string of the molecule is CC(C)(C(=O)NCCc1ccccc1)C(=O)Nc1ccccc1C(C)(C)C. The van der Waals surface area contributed by atoms with Gasteiger partial charge in [0.25, 0.3) is 0 Å². The quantitative estimate of drug-likeness (QED) is 0.749. The summed E-state index contributed by atoms with van der Waals surface area (Å²) in [7, 11) is 0. The minimum absolute atomic E-state index is 0.105. The van der Waals surface area contributed by atoms with Gasteiger partial charge >= 0.3 is 0 Å². The van der Waals surface area contributed by atoms with E-state index in [0.717, 1.165) is 23.2 Å². The van der Waals surface area contributed by atoms with Gasteiger partial charge in [-0.3, -0.25) is 9.59 Å². The summed E-state index contributed by atoms with van der Waals surface area (Å²) in [6.07, 6.45) is 0.733. The van der Waals surface area contributed by atoms with Crippen molar-refractivity contribution in [3.63, 3.8) is 0 Å². The monoisotopic (exact) mass is 366 g/mol. The average Bonchev–Trinajstić information content (AvgIpc) is 2.62. The van der Waals surface area contributed by atoms with Gasteiger partial charge in [0.1, 0.15) is 5.41 Å². The normalized spacial score (nSPS) is 11.7. The molecule has 4 nitrogen and oxygen atoms in total. The summed E-state index contributed by atoms with van der Waals surface area (Å²) in [5.74, 6) is -0.583. The molecule has 0 aliphatic rings. The van der Waals surface area contributed by atoms with Crippen LogP contribution in [-0.2, 0) is 21.4 Å².